The molecule has 1 aromatic carbocycles. The second-order valence-electron chi connectivity index (χ2n) is 7.15. The molecule has 0 bridgehead atoms. The minimum absolute atomic E-state index is 0.201. The Labute approximate surface area is 147 Å². The van der Waals surface area contributed by atoms with E-state index >= 15 is 0 Å². The largest absolute Gasteiger partial charge is 0.465 e. The van der Waals surface area contributed by atoms with E-state index in [0.717, 1.165) is 19.5 Å². The predicted molar refractivity (Wildman–Crippen MR) is 93.7 cm³/mol. The molecule has 0 unspecified atom stereocenters. The number of nitrogens with one attached hydrogen (secondary N) is 1. The van der Waals surface area contributed by atoms with Crippen molar-refractivity contribution in [1.29, 1.82) is 0 Å². The highest BCUT2D eigenvalue weighted by Crippen LogP contribution is 2.32. The van der Waals surface area contributed by atoms with Crippen molar-refractivity contribution in [3.63, 3.8) is 0 Å². The summed E-state index contributed by atoms with van der Waals surface area (Å²) < 4.78 is 5.28. The van der Waals surface area contributed by atoms with Crippen LogP contribution in [0.3, 0.4) is 0 Å². The Kier molecular flexibility index (Phi) is 4.71. The van der Waals surface area contributed by atoms with Crippen molar-refractivity contribution in [1.82, 2.24) is 9.80 Å². The van der Waals surface area contributed by atoms with Crippen molar-refractivity contribution in [2.75, 3.05) is 32.6 Å². The molecule has 0 saturated carbocycles. The summed E-state index contributed by atoms with van der Waals surface area (Å²) in [5.74, 6) is -0.317. The number of ether oxygens (including phenoxy) is 1. The van der Waals surface area contributed by atoms with E-state index in [-0.39, 0.29) is 18.6 Å². The summed E-state index contributed by atoms with van der Waals surface area (Å²) in [5.41, 5.74) is 2.08. The molecule has 2 amide bonds. The first-order valence-corrected chi connectivity index (χ1v) is 8.48. The number of methoxy groups -OCH3 is 1. The van der Waals surface area contributed by atoms with Crippen LogP contribution in [0.15, 0.2) is 18.2 Å². The normalized spacial score (nSPS) is 26.4. The van der Waals surface area contributed by atoms with Crippen LogP contribution in [0.25, 0.3) is 0 Å². The maximum absolute atomic E-state index is 12.9. The second kappa shape index (κ2) is 6.65. The van der Waals surface area contributed by atoms with E-state index in [1.165, 1.54) is 23.1 Å². The van der Waals surface area contributed by atoms with Crippen LogP contribution >= 0.6 is 0 Å². The molecule has 1 saturated heterocycles. The summed E-state index contributed by atoms with van der Waals surface area (Å²) in [5, 5.41) is 12.3. The first kappa shape index (κ1) is 17.7. The van der Waals surface area contributed by atoms with Crippen LogP contribution in [0, 0.1) is 0 Å². The number of likely N-dealkylation sites (N-methyl/N-ethyl adjacent to an activating group) is 1. The molecular weight excluding hydrogens is 322 g/mol. The Morgan fingerprint density at radius 3 is 2.80 bits per heavy atom. The van der Waals surface area contributed by atoms with Gasteiger partial charge in [-0.05, 0) is 43.7 Å². The zero-order valence-electron chi connectivity index (χ0n) is 14.9. The molecule has 7 nitrogen and oxygen atoms in total. The van der Waals surface area contributed by atoms with Crippen LogP contribution in [-0.4, -0.2) is 65.8 Å². The van der Waals surface area contributed by atoms with Crippen LogP contribution in [0.2, 0.25) is 0 Å². The summed E-state index contributed by atoms with van der Waals surface area (Å²) in [6.45, 7) is 3.75. The standard InChI is InChI=1S/C18H25N3O4/c1-18(9-15(25-3)11-21(18)17(23)24)16(22)19-14-5-4-13-10-20(2)7-6-12(13)8-14/h4-5,8,15H,6-7,9-11H2,1-3H3,(H,19,22)(H,23,24)/t15-,18+/m1/s1. The van der Waals surface area contributed by atoms with Crippen LogP contribution in [0.1, 0.15) is 24.5 Å². The molecule has 1 fully saturated rings. The van der Waals surface area contributed by atoms with E-state index in [1.807, 2.05) is 18.2 Å². The zero-order valence-corrected chi connectivity index (χ0v) is 14.9. The number of nitrogens with zero attached hydrogens (tertiary/aromatic N) is 2. The van der Waals surface area contributed by atoms with Gasteiger partial charge >= 0.3 is 6.09 Å². The minimum Gasteiger partial charge on any atom is -0.465 e. The average Bonchev–Trinajstić information content (AvgIpc) is 2.93. The fraction of sp³-hybridized carbons (Fsp3) is 0.556. The van der Waals surface area contributed by atoms with Gasteiger partial charge in [-0.2, -0.15) is 0 Å². The van der Waals surface area contributed by atoms with Gasteiger partial charge in [0.05, 0.1) is 12.6 Å². The molecule has 7 heteroatoms. The molecule has 0 aliphatic carbocycles. The second-order valence-corrected chi connectivity index (χ2v) is 7.15. The Balaban J connectivity index is 1.78. The quantitative estimate of drug-likeness (QED) is 0.871. The van der Waals surface area contributed by atoms with Gasteiger partial charge in [-0.15, -0.1) is 0 Å². The summed E-state index contributed by atoms with van der Waals surface area (Å²) in [7, 11) is 3.63. The molecule has 0 radical (unpaired) electrons. The molecule has 0 spiro atoms. The number of benzene rings is 1. The van der Waals surface area contributed by atoms with Crippen molar-refractivity contribution in [2.45, 2.75) is 38.0 Å². The monoisotopic (exact) mass is 347 g/mol. The lowest BCUT2D eigenvalue weighted by Gasteiger charge is -2.31. The molecular formula is C18H25N3O4. The smallest absolute Gasteiger partial charge is 0.408 e. The van der Waals surface area contributed by atoms with Gasteiger partial charge in [-0.3, -0.25) is 9.69 Å². The highest BCUT2D eigenvalue weighted by Gasteiger charge is 2.50. The number of amides is 2. The topological polar surface area (TPSA) is 82.1 Å². The molecule has 3 rings (SSSR count). The number of fused-ring (bicyclic) bond motifs is 1. The van der Waals surface area contributed by atoms with E-state index in [4.69, 9.17) is 4.74 Å². The lowest BCUT2D eigenvalue weighted by Crippen LogP contribution is -2.52. The summed E-state index contributed by atoms with van der Waals surface area (Å²) in [6.07, 6.45) is -0.0893. The molecule has 2 N–H and O–H groups in total. The maximum Gasteiger partial charge on any atom is 0.408 e. The van der Waals surface area contributed by atoms with Crippen molar-refractivity contribution < 1.29 is 19.4 Å². The third kappa shape index (κ3) is 3.34. The molecule has 2 atom stereocenters. The van der Waals surface area contributed by atoms with Crippen LogP contribution < -0.4 is 5.32 Å². The van der Waals surface area contributed by atoms with Crippen molar-refractivity contribution in [2.24, 2.45) is 0 Å². The minimum atomic E-state index is -1.14. The number of carbonyl (C=O) groups is 2. The molecule has 2 aliphatic heterocycles. The van der Waals surface area contributed by atoms with Gasteiger partial charge in [0.2, 0.25) is 5.91 Å². The zero-order chi connectivity index (χ0) is 18.2. The Hall–Kier alpha value is -2.12. The van der Waals surface area contributed by atoms with Gasteiger partial charge in [0.1, 0.15) is 5.54 Å². The summed E-state index contributed by atoms with van der Waals surface area (Å²) in [6, 6.07) is 5.91. The van der Waals surface area contributed by atoms with E-state index in [0.29, 0.717) is 12.1 Å². The van der Waals surface area contributed by atoms with E-state index in [1.54, 1.807) is 6.92 Å². The number of rotatable bonds is 3. The van der Waals surface area contributed by atoms with Crippen molar-refractivity contribution >= 4 is 17.7 Å². The molecule has 136 valence electrons. The Morgan fingerprint density at radius 1 is 1.36 bits per heavy atom. The number of hydrogen-bond donors (Lipinski definition) is 2. The van der Waals surface area contributed by atoms with E-state index < -0.39 is 11.6 Å². The van der Waals surface area contributed by atoms with Gasteiger partial charge in [-0.1, -0.05) is 6.07 Å². The molecule has 25 heavy (non-hydrogen) atoms. The van der Waals surface area contributed by atoms with Gasteiger partial charge < -0.3 is 20.1 Å². The third-order valence-electron chi connectivity index (χ3n) is 5.33. The highest BCUT2D eigenvalue weighted by molar-refractivity contribution is 6.00. The van der Waals surface area contributed by atoms with Crippen molar-refractivity contribution in [3.05, 3.63) is 29.3 Å². The predicted octanol–water partition coefficient (Wildman–Crippen LogP) is 1.77. The van der Waals surface area contributed by atoms with Crippen LogP contribution in [0.4, 0.5) is 10.5 Å². The number of carboxylic acid groups (broad SMARTS) is 1. The average molecular weight is 347 g/mol. The van der Waals surface area contributed by atoms with Gasteiger partial charge in [0.15, 0.2) is 0 Å². The maximum atomic E-state index is 12.9. The van der Waals surface area contributed by atoms with Gasteiger partial charge in [-0.25, -0.2) is 4.79 Å². The van der Waals surface area contributed by atoms with Crippen LogP contribution in [-0.2, 0) is 22.5 Å². The highest BCUT2D eigenvalue weighted by atomic mass is 16.5. The van der Waals surface area contributed by atoms with Gasteiger partial charge in [0.25, 0.3) is 0 Å². The van der Waals surface area contributed by atoms with E-state index in [9.17, 15) is 14.7 Å². The SMILES string of the molecule is CO[C@H]1CN(C(=O)O)[C@](C)(C(=O)Nc2ccc3c(c2)CCN(C)C3)C1. The number of likely N-dealkylation sites (tertiary alicyclic amines) is 1. The summed E-state index contributed by atoms with van der Waals surface area (Å²) >= 11 is 0. The molecule has 1 aromatic rings. The third-order valence-corrected chi connectivity index (χ3v) is 5.33. The van der Waals surface area contributed by atoms with Gasteiger partial charge in [0, 0.05) is 32.3 Å². The lowest BCUT2D eigenvalue weighted by atomic mass is 9.96. The van der Waals surface area contributed by atoms with Crippen LogP contribution in [0.5, 0.6) is 0 Å². The van der Waals surface area contributed by atoms with E-state index in [2.05, 4.69) is 17.3 Å². The number of hydrogen-bond acceptors (Lipinski definition) is 4. The Bertz CT molecular complexity index is 693. The molecule has 2 aliphatic rings. The summed E-state index contributed by atoms with van der Waals surface area (Å²) in [4.78, 5) is 27.8. The molecule has 2 heterocycles. The fourth-order valence-corrected chi connectivity index (χ4v) is 3.72. The van der Waals surface area contributed by atoms with Crippen molar-refractivity contribution in [3.8, 4) is 0 Å². The first-order valence-electron chi connectivity index (χ1n) is 8.48. The lowest BCUT2D eigenvalue weighted by molar-refractivity contribution is -0.124. The molecule has 0 aromatic heterocycles. The number of anilines is 1. The number of carbonyl (C=O) groups excluding carboxylic acids is 1. The Morgan fingerprint density at radius 2 is 2.12 bits per heavy atom. The fourth-order valence-electron chi connectivity index (χ4n) is 3.72. The first-order chi connectivity index (χ1) is 11.8.